The maximum absolute atomic E-state index is 12.9. The summed E-state index contributed by atoms with van der Waals surface area (Å²) in [6.45, 7) is 19.6. The van der Waals surface area contributed by atoms with Gasteiger partial charge in [0.1, 0.15) is 0 Å². The highest BCUT2D eigenvalue weighted by atomic mass is 16.7. The SMILES string of the molecule is CC/C=C(\CC(OCC)B1OC(C)(C)C(C)(C)O1)N(CCN1CCOCC1)C(=O)CC. The molecule has 0 aromatic rings. The van der Waals surface area contributed by atoms with E-state index in [1.807, 2.05) is 46.4 Å². The first-order chi connectivity index (χ1) is 14.6. The van der Waals surface area contributed by atoms with E-state index >= 15 is 0 Å². The number of ether oxygens (including phenoxy) is 2. The van der Waals surface area contributed by atoms with Crippen molar-refractivity contribution in [2.75, 3.05) is 46.0 Å². The van der Waals surface area contributed by atoms with Crippen LogP contribution in [-0.4, -0.2) is 86.0 Å². The molecule has 0 bridgehead atoms. The zero-order chi connectivity index (χ0) is 23.1. The van der Waals surface area contributed by atoms with Gasteiger partial charge in [-0.3, -0.25) is 9.69 Å². The van der Waals surface area contributed by atoms with Gasteiger partial charge in [-0.1, -0.05) is 19.9 Å². The first kappa shape index (κ1) is 26.3. The van der Waals surface area contributed by atoms with E-state index in [1.54, 1.807) is 0 Å². The highest BCUT2D eigenvalue weighted by Crippen LogP contribution is 2.39. The summed E-state index contributed by atoms with van der Waals surface area (Å²) < 4.78 is 24.1. The summed E-state index contributed by atoms with van der Waals surface area (Å²) in [6, 6.07) is -0.278. The second-order valence-electron chi connectivity index (χ2n) is 9.28. The van der Waals surface area contributed by atoms with Crippen molar-refractivity contribution in [1.82, 2.24) is 9.80 Å². The number of hydrogen-bond acceptors (Lipinski definition) is 6. The second-order valence-corrected chi connectivity index (χ2v) is 9.28. The van der Waals surface area contributed by atoms with Crippen LogP contribution >= 0.6 is 0 Å². The molecule has 178 valence electrons. The third kappa shape index (κ3) is 7.03. The number of hydrogen-bond donors (Lipinski definition) is 0. The van der Waals surface area contributed by atoms with E-state index in [0.29, 0.717) is 26.0 Å². The van der Waals surface area contributed by atoms with E-state index in [1.165, 1.54) is 0 Å². The molecule has 1 atom stereocenters. The molecule has 2 heterocycles. The first-order valence-corrected chi connectivity index (χ1v) is 11.9. The maximum atomic E-state index is 12.9. The van der Waals surface area contributed by atoms with Gasteiger partial charge in [0, 0.05) is 51.3 Å². The number of amides is 1. The van der Waals surface area contributed by atoms with Gasteiger partial charge in [-0.2, -0.15) is 0 Å². The highest BCUT2D eigenvalue weighted by molar-refractivity contribution is 6.47. The largest absolute Gasteiger partial charge is 0.489 e. The highest BCUT2D eigenvalue weighted by Gasteiger charge is 2.54. The Labute approximate surface area is 189 Å². The second kappa shape index (κ2) is 11.8. The van der Waals surface area contributed by atoms with E-state index < -0.39 is 18.3 Å². The van der Waals surface area contributed by atoms with Crippen LogP contribution in [0.3, 0.4) is 0 Å². The van der Waals surface area contributed by atoms with Crippen LogP contribution in [0.25, 0.3) is 0 Å². The molecule has 31 heavy (non-hydrogen) atoms. The van der Waals surface area contributed by atoms with E-state index in [2.05, 4.69) is 17.9 Å². The van der Waals surface area contributed by atoms with Gasteiger partial charge in [0.15, 0.2) is 0 Å². The van der Waals surface area contributed by atoms with Crippen LogP contribution in [0.4, 0.5) is 0 Å². The van der Waals surface area contributed by atoms with Crippen LogP contribution in [0.2, 0.25) is 0 Å². The lowest BCUT2D eigenvalue weighted by atomic mass is 9.77. The molecule has 7 nitrogen and oxygen atoms in total. The van der Waals surface area contributed by atoms with Crippen molar-refractivity contribution in [2.45, 2.75) is 84.9 Å². The molecular weight excluding hydrogens is 395 g/mol. The lowest BCUT2D eigenvalue weighted by Gasteiger charge is -2.32. The quantitative estimate of drug-likeness (QED) is 0.462. The maximum Gasteiger partial charge on any atom is 0.489 e. The molecule has 0 aromatic carbocycles. The topological polar surface area (TPSA) is 60.5 Å². The molecular formula is C23H43BN2O5. The molecule has 2 rings (SSSR count). The van der Waals surface area contributed by atoms with Gasteiger partial charge in [0.05, 0.1) is 30.4 Å². The summed E-state index contributed by atoms with van der Waals surface area (Å²) in [6.07, 6.45) is 4.04. The Morgan fingerprint density at radius 3 is 2.26 bits per heavy atom. The number of morpholine rings is 1. The van der Waals surface area contributed by atoms with Crippen molar-refractivity contribution >= 4 is 13.0 Å². The monoisotopic (exact) mass is 438 g/mol. The molecule has 2 aliphatic heterocycles. The molecule has 0 saturated carbocycles. The Bertz CT molecular complexity index is 589. The normalized spacial score (nSPS) is 22.5. The third-order valence-corrected chi connectivity index (χ3v) is 6.50. The lowest BCUT2D eigenvalue weighted by molar-refractivity contribution is -0.129. The minimum absolute atomic E-state index is 0.136. The standard InChI is InChI=1S/C23H43BN2O5/c1-8-11-19(26(21(27)9-2)13-12-25-14-16-28-17-15-25)18-20(29-10-3)24-30-22(4,5)23(6,7)31-24/h11,20H,8-10,12-18H2,1-7H3/b19-11+. The van der Waals surface area contributed by atoms with Gasteiger partial charge in [-0.25, -0.2) is 0 Å². The van der Waals surface area contributed by atoms with Gasteiger partial charge in [-0.15, -0.1) is 0 Å². The first-order valence-electron chi connectivity index (χ1n) is 11.9. The molecule has 2 fully saturated rings. The summed E-state index contributed by atoms with van der Waals surface area (Å²) in [4.78, 5) is 17.2. The third-order valence-electron chi connectivity index (χ3n) is 6.50. The molecule has 2 aliphatic rings. The van der Waals surface area contributed by atoms with Gasteiger partial charge in [0.25, 0.3) is 0 Å². The molecule has 0 N–H and O–H groups in total. The predicted molar refractivity (Wildman–Crippen MR) is 124 cm³/mol. The summed E-state index contributed by atoms with van der Waals surface area (Å²) in [5.41, 5.74) is 0.157. The van der Waals surface area contributed by atoms with E-state index in [0.717, 1.165) is 45.0 Å². The molecule has 0 spiro atoms. The van der Waals surface area contributed by atoms with Crippen LogP contribution in [0.1, 0.15) is 67.7 Å². The minimum Gasteiger partial charge on any atom is -0.402 e. The predicted octanol–water partition coefficient (Wildman–Crippen LogP) is 3.28. The molecule has 0 aromatic heterocycles. The van der Waals surface area contributed by atoms with E-state index in [4.69, 9.17) is 18.8 Å². The Morgan fingerprint density at radius 2 is 1.74 bits per heavy atom. The van der Waals surface area contributed by atoms with Crippen LogP contribution in [-0.2, 0) is 23.6 Å². The molecule has 1 unspecified atom stereocenters. The Hall–Kier alpha value is -0.925. The number of carbonyl (C=O) groups excluding carboxylic acids is 1. The van der Waals surface area contributed by atoms with Crippen LogP contribution in [0.15, 0.2) is 11.8 Å². The van der Waals surface area contributed by atoms with Crippen molar-refractivity contribution in [3.63, 3.8) is 0 Å². The lowest BCUT2D eigenvalue weighted by Crippen LogP contribution is -2.44. The van der Waals surface area contributed by atoms with Crippen molar-refractivity contribution in [3.8, 4) is 0 Å². The van der Waals surface area contributed by atoms with Crippen LogP contribution in [0, 0.1) is 0 Å². The average molecular weight is 438 g/mol. The van der Waals surface area contributed by atoms with E-state index in [-0.39, 0.29) is 11.9 Å². The summed E-state index contributed by atoms with van der Waals surface area (Å²) >= 11 is 0. The van der Waals surface area contributed by atoms with Crippen LogP contribution in [0.5, 0.6) is 0 Å². The Morgan fingerprint density at radius 1 is 1.13 bits per heavy atom. The van der Waals surface area contributed by atoms with Crippen molar-refractivity contribution < 1.29 is 23.6 Å². The van der Waals surface area contributed by atoms with Crippen molar-refractivity contribution in [2.24, 2.45) is 0 Å². The molecule has 0 radical (unpaired) electrons. The van der Waals surface area contributed by atoms with Gasteiger partial charge in [-0.05, 0) is 41.0 Å². The number of carbonyl (C=O) groups is 1. The Balaban J connectivity index is 2.16. The molecule has 2 saturated heterocycles. The van der Waals surface area contributed by atoms with Gasteiger partial charge >= 0.3 is 7.12 Å². The summed E-state index contributed by atoms with van der Waals surface area (Å²) in [5.74, 6) is 0.136. The molecule has 1 amide bonds. The van der Waals surface area contributed by atoms with Gasteiger partial charge in [0.2, 0.25) is 5.91 Å². The molecule has 0 aliphatic carbocycles. The molecule has 8 heteroatoms. The summed E-state index contributed by atoms with van der Waals surface area (Å²) in [5, 5.41) is 0. The number of rotatable bonds is 11. The fourth-order valence-corrected chi connectivity index (χ4v) is 3.92. The number of allylic oxidation sites excluding steroid dienone is 1. The zero-order valence-corrected chi connectivity index (χ0v) is 20.7. The van der Waals surface area contributed by atoms with Crippen LogP contribution < -0.4 is 0 Å². The van der Waals surface area contributed by atoms with Gasteiger partial charge < -0.3 is 23.7 Å². The summed E-state index contributed by atoms with van der Waals surface area (Å²) in [7, 11) is -0.469. The fourth-order valence-electron chi connectivity index (χ4n) is 3.92. The smallest absolute Gasteiger partial charge is 0.402 e. The fraction of sp³-hybridized carbons (Fsp3) is 0.870. The Kier molecular flexibility index (Phi) is 10.0. The van der Waals surface area contributed by atoms with Crippen molar-refractivity contribution in [3.05, 3.63) is 11.8 Å². The van der Waals surface area contributed by atoms with Crippen molar-refractivity contribution in [1.29, 1.82) is 0 Å². The minimum atomic E-state index is -0.469. The average Bonchev–Trinajstić information content (AvgIpc) is 2.95. The zero-order valence-electron chi connectivity index (χ0n) is 20.7. The number of nitrogens with zero attached hydrogens (tertiary/aromatic N) is 2. The van der Waals surface area contributed by atoms with E-state index in [9.17, 15) is 4.79 Å².